The Labute approximate surface area is 124 Å². The van der Waals surface area contributed by atoms with Crippen molar-refractivity contribution in [1.29, 1.82) is 0 Å². The standard InChI is InChI=1S/C15H19ClN2O2/c1-11(19)18(9-8-17-15(20)13-4-5-13)10-12-2-6-14(16)7-3-12/h2-3,6-7,13H,4-5,8-10H2,1H3,(H,17,20). The van der Waals surface area contributed by atoms with Gasteiger partial charge in [0.2, 0.25) is 11.8 Å². The molecule has 0 atom stereocenters. The van der Waals surface area contributed by atoms with Crippen LogP contribution in [0.4, 0.5) is 0 Å². The van der Waals surface area contributed by atoms with Crippen LogP contribution in [0.25, 0.3) is 0 Å². The third kappa shape index (κ3) is 4.53. The number of nitrogens with zero attached hydrogens (tertiary/aromatic N) is 1. The maximum Gasteiger partial charge on any atom is 0.223 e. The molecule has 1 aliphatic rings. The monoisotopic (exact) mass is 294 g/mol. The van der Waals surface area contributed by atoms with E-state index in [-0.39, 0.29) is 17.7 Å². The van der Waals surface area contributed by atoms with Crippen molar-refractivity contribution in [2.75, 3.05) is 13.1 Å². The van der Waals surface area contributed by atoms with E-state index >= 15 is 0 Å². The second kappa shape index (κ2) is 6.75. The summed E-state index contributed by atoms with van der Waals surface area (Å²) in [5.74, 6) is 0.317. The van der Waals surface area contributed by atoms with E-state index in [0.29, 0.717) is 24.7 Å². The van der Waals surface area contributed by atoms with E-state index in [9.17, 15) is 9.59 Å². The highest BCUT2D eigenvalue weighted by atomic mass is 35.5. The molecule has 0 aromatic heterocycles. The molecule has 1 saturated carbocycles. The molecule has 4 nitrogen and oxygen atoms in total. The van der Waals surface area contributed by atoms with Gasteiger partial charge >= 0.3 is 0 Å². The molecule has 1 fully saturated rings. The summed E-state index contributed by atoms with van der Waals surface area (Å²) in [7, 11) is 0. The Hall–Kier alpha value is -1.55. The first-order valence-corrected chi connectivity index (χ1v) is 7.21. The predicted octanol–water partition coefficient (Wildman–Crippen LogP) is 2.21. The van der Waals surface area contributed by atoms with Gasteiger partial charge in [-0.3, -0.25) is 9.59 Å². The molecule has 2 rings (SSSR count). The van der Waals surface area contributed by atoms with Crippen LogP contribution < -0.4 is 5.32 Å². The lowest BCUT2D eigenvalue weighted by molar-refractivity contribution is -0.130. The smallest absolute Gasteiger partial charge is 0.223 e. The number of carbonyl (C=O) groups excluding carboxylic acids is 2. The second-order valence-electron chi connectivity index (χ2n) is 5.13. The quantitative estimate of drug-likeness (QED) is 0.874. The number of nitrogens with one attached hydrogen (secondary N) is 1. The second-order valence-corrected chi connectivity index (χ2v) is 5.57. The van der Waals surface area contributed by atoms with E-state index in [2.05, 4.69) is 5.32 Å². The van der Waals surface area contributed by atoms with Crippen molar-refractivity contribution in [2.45, 2.75) is 26.3 Å². The largest absolute Gasteiger partial charge is 0.354 e. The number of halogens is 1. The first kappa shape index (κ1) is 14.9. The molecule has 0 unspecified atom stereocenters. The van der Waals surface area contributed by atoms with Crippen molar-refractivity contribution < 1.29 is 9.59 Å². The summed E-state index contributed by atoms with van der Waals surface area (Å²) in [4.78, 5) is 24.9. The lowest BCUT2D eigenvalue weighted by Gasteiger charge is -2.21. The van der Waals surface area contributed by atoms with Crippen LogP contribution in [0.3, 0.4) is 0 Å². The SMILES string of the molecule is CC(=O)N(CCNC(=O)C1CC1)Cc1ccc(Cl)cc1. The van der Waals surface area contributed by atoms with E-state index in [1.54, 1.807) is 11.8 Å². The van der Waals surface area contributed by atoms with Gasteiger partial charge in [0.25, 0.3) is 0 Å². The van der Waals surface area contributed by atoms with Crippen LogP contribution in [0.5, 0.6) is 0 Å². The number of carbonyl (C=O) groups is 2. The van der Waals surface area contributed by atoms with Crippen LogP contribution in [-0.4, -0.2) is 29.8 Å². The lowest BCUT2D eigenvalue weighted by Crippen LogP contribution is -2.37. The minimum absolute atomic E-state index is 0.000575. The average molecular weight is 295 g/mol. The average Bonchev–Trinajstić information content (AvgIpc) is 3.24. The first-order valence-electron chi connectivity index (χ1n) is 6.84. The number of hydrogen-bond donors (Lipinski definition) is 1. The van der Waals surface area contributed by atoms with Gasteiger partial charge < -0.3 is 10.2 Å². The van der Waals surface area contributed by atoms with Crippen molar-refractivity contribution >= 4 is 23.4 Å². The number of hydrogen-bond acceptors (Lipinski definition) is 2. The molecule has 0 aliphatic heterocycles. The number of benzene rings is 1. The zero-order chi connectivity index (χ0) is 14.5. The Morgan fingerprint density at radius 3 is 2.50 bits per heavy atom. The number of amides is 2. The maximum atomic E-state index is 11.6. The first-order chi connectivity index (χ1) is 9.56. The highest BCUT2D eigenvalue weighted by molar-refractivity contribution is 6.30. The molecule has 5 heteroatoms. The maximum absolute atomic E-state index is 11.6. The van der Waals surface area contributed by atoms with Crippen molar-refractivity contribution in [2.24, 2.45) is 5.92 Å². The van der Waals surface area contributed by atoms with E-state index in [1.807, 2.05) is 24.3 Å². The molecule has 0 radical (unpaired) electrons. The summed E-state index contributed by atoms with van der Waals surface area (Å²) in [5, 5.41) is 3.55. The van der Waals surface area contributed by atoms with Gasteiger partial charge in [-0.05, 0) is 30.5 Å². The van der Waals surface area contributed by atoms with Crippen molar-refractivity contribution in [1.82, 2.24) is 10.2 Å². The van der Waals surface area contributed by atoms with E-state index < -0.39 is 0 Å². The Morgan fingerprint density at radius 1 is 1.30 bits per heavy atom. The van der Waals surface area contributed by atoms with Crippen LogP contribution >= 0.6 is 11.6 Å². The molecular weight excluding hydrogens is 276 g/mol. The highest BCUT2D eigenvalue weighted by Crippen LogP contribution is 2.28. The molecule has 2 amide bonds. The van der Waals surface area contributed by atoms with Crippen molar-refractivity contribution in [3.63, 3.8) is 0 Å². The summed E-state index contributed by atoms with van der Waals surface area (Å²) in [6.45, 7) is 3.10. The molecule has 0 saturated heterocycles. The van der Waals surface area contributed by atoms with Crippen LogP contribution in [0.1, 0.15) is 25.3 Å². The Balaban J connectivity index is 1.81. The molecule has 1 N–H and O–H groups in total. The van der Waals surface area contributed by atoms with Crippen molar-refractivity contribution in [3.05, 3.63) is 34.9 Å². The summed E-state index contributed by atoms with van der Waals surface area (Å²) >= 11 is 5.84. The predicted molar refractivity (Wildman–Crippen MR) is 78.3 cm³/mol. The highest BCUT2D eigenvalue weighted by Gasteiger charge is 2.29. The van der Waals surface area contributed by atoms with Crippen LogP contribution in [0.2, 0.25) is 5.02 Å². The molecular formula is C15H19ClN2O2. The number of rotatable bonds is 6. The summed E-state index contributed by atoms with van der Waals surface area (Å²) in [6.07, 6.45) is 1.99. The van der Waals surface area contributed by atoms with Gasteiger partial charge in [-0.1, -0.05) is 23.7 Å². The van der Waals surface area contributed by atoms with Gasteiger partial charge in [-0.15, -0.1) is 0 Å². The Morgan fingerprint density at radius 2 is 1.95 bits per heavy atom. The zero-order valence-corrected chi connectivity index (χ0v) is 12.3. The van der Waals surface area contributed by atoms with Gasteiger partial charge in [0, 0.05) is 37.5 Å². The lowest BCUT2D eigenvalue weighted by atomic mass is 10.2. The summed E-state index contributed by atoms with van der Waals surface area (Å²) in [6, 6.07) is 7.43. The molecule has 20 heavy (non-hydrogen) atoms. The van der Waals surface area contributed by atoms with Crippen molar-refractivity contribution in [3.8, 4) is 0 Å². The van der Waals surface area contributed by atoms with E-state index in [1.165, 1.54) is 0 Å². The van der Waals surface area contributed by atoms with Gasteiger partial charge in [0.05, 0.1) is 0 Å². The van der Waals surface area contributed by atoms with Gasteiger partial charge in [-0.25, -0.2) is 0 Å². The topological polar surface area (TPSA) is 49.4 Å². The van der Waals surface area contributed by atoms with E-state index in [4.69, 9.17) is 11.6 Å². The van der Waals surface area contributed by atoms with Gasteiger partial charge in [0.1, 0.15) is 0 Å². The van der Waals surface area contributed by atoms with E-state index in [0.717, 1.165) is 18.4 Å². The normalized spacial score (nSPS) is 13.9. The molecule has 1 aromatic rings. The van der Waals surface area contributed by atoms with Gasteiger partial charge in [-0.2, -0.15) is 0 Å². The molecule has 0 bridgehead atoms. The fourth-order valence-electron chi connectivity index (χ4n) is 1.96. The molecule has 0 spiro atoms. The van der Waals surface area contributed by atoms with Crippen LogP contribution in [-0.2, 0) is 16.1 Å². The van der Waals surface area contributed by atoms with Gasteiger partial charge in [0.15, 0.2) is 0 Å². The van der Waals surface area contributed by atoms with Crippen LogP contribution in [0, 0.1) is 5.92 Å². The zero-order valence-electron chi connectivity index (χ0n) is 11.6. The minimum atomic E-state index is 0.000575. The molecule has 1 aromatic carbocycles. The minimum Gasteiger partial charge on any atom is -0.354 e. The third-order valence-electron chi connectivity index (χ3n) is 3.36. The fourth-order valence-corrected chi connectivity index (χ4v) is 2.09. The summed E-state index contributed by atoms with van der Waals surface area (Å²) in [5.41, 5.74) is 1.03. The molecule has 108 valence electrons. The fraction of sp³-hybridized carbons (Fsp3) is 0.467. The Bertz CT molecular complexity index is 483. The van der Waals surface area contributed by atoms with Crippen LogP contribution in [0.15, 0.2) is 24.3 Å². The third-order valence-corrected chi connectivity index (χ3v) is 3.61. The summed E-state index contributed by atoms with van der Waals surface area (Å²) < 4.78 is 0. The Kier molecular flexibility index (Phi) is 5.01. The molecule has 1 aliphatic carbocycles. The molecule has 0 heterocycles.